The minimum atomic E-state index is -0.118. The van der Waals surface area contributed by atoms with E-state index in [9.17, 15) is 4.79 Å². The Labute approximate surface area is 143 Å². The van der Waals surface area contributed by atoms with Gasteiger partial charge in [0.05, 0.1) is 13.2 Å². The fourth-order valence-corrected chi connectivity index (χ4v) is 3.81. The van der Waals surface area contributed by atoms with E-state index in [0.29, 0.717) is 19.2 Å². The number of ether oxygens (including phenoxy) is 1. The van der Waals surface area contributed by atoms with Crippen LogP contribution in [0.15, 0.2) is 0 Å². The third-order valence-electron chi connectivity index (χ3n) is 4.49. The van der Waals surface area contributed by atoms with Crippen molar-refractivity contribution < 1.29 is 9.53 Å². The van der Waals surface area contributed by atoms with Gasteiger partial charge in [-0.05, 0) is 47.0 Å². The van der Waals surface area contributed by atoms with Crippen molar-refractivity contribution in [2.24, 2.45) is 0 Å². The third-order valence-corrected chi connectivity index (χ3v) is 4.49. The van der Waals surface area contributed by atoms with Crippen LogP contribution in [-0.2, 0) is 9.53 Å². The third kappa shape index (κ3) is 9.31. The molecule has 0 bridgehead atoms. The molecule has 0 aromatic carbocycles. The van der Waals surface area contributed by atoms with Crippen LogP contribution in [0.1, 0.15) is 86.0 Å². The van der Waals surface area contributed by atoms with Crippen LogP contribution in [0.4, 0.5) is 0 Å². The summed E-state index contributed by atoms with van der Waals surface area (Å²) < 4.78 is 5.33. The number of carbonyl (C=O) groups excluding carboxylic acids is 1. The number of esters is 1. The Morgan fingerprint density at radius 3 is 2.22 bits per heavy atom. The minimum Gasteiger partial charge on any atom is -0.465 e. The second-order valence-electron chi connectivity index (χ2n) is 8.37. The van der Waals surface area contributed by atoms with Crippen molar-refractivity contribution in [3.8, 4) is 0 Å². The van der Waals surface area contributed by atoms with E-state index in [-0.39, 0.29) is 17.0 Å². The van der Waals surface area contributed by atoms with Gasteiger partial charge in [0.25, 0.3) is 0 Å². The highest BCUT2D eigenvalue weighted by Crippen LogP contribution is 2.28. The van der Waals surface area contributed by atoms with Gasteiger partial charge < -0.3 is 15.4 Å². The number of hydrogen-bond donors (Lipinski definition) is 2. The molecule has 1 fully saturated rings. The largest absolute Gasteiger partial charge is 0.465 e. The van der Waals surface area contributed by atoms with Gasteiger partial charge in [0.2, 0.25) is 0 Å². The predicted molar refractivity (Wildman–Crippen MR) is 96.7 cm³/mol. The molecule has 1 rings (SSSR count). The van der Waals surface area contributed by atoms with E-state index in [2.05, 4.69) is 45.3 Å². The maximum atomic E-state index is 11.8. The number of hydrogen-bond acceptors (Lipinski definition) is 4. The molecule has 0 aromatic heterocycles. The maximum Gasteiger partial charge on any atom is 0.319 e. The molecule has 0 spiro atoms. The normalized spacial score (nSPS) is 20.4. The Hall–Kier alpha value is -0.610. The summed E-state index contributed by atoms with van der Waals surface area (Å²) in [6.07, 6.45) is 9.34. The SMILES string of the molecule is CCCCCCCCOC(=O)CNC1CC(C)(C)NC(C)(C)C1. The van der Waals surface area contributed by atoms with E-state index in [4.69, 9.17) is 4.74 Å². The van der Waals surface area contributed by atoms with Crippen LogP contribution in [0.25, 0.3) is 0 Å². The Balaban J connectivity index is 2.13. The number of rotatable bonds is 10. The molecule has 1 heterocycles. The van der Waals surface area contributed by atoms with Crippen LogP contribution >= 0.6 is 0 Å². The van der Waals surface area contributed by atoms with Gasteiger partial charge >= 0.3 is 5.97 Å². The summed E-state index contributed by atoms with van der Waals surface area (Å²) >= 11 is 0. The van der Waals surface area contributed by atoms with E-state index in [0.717, 1.165) is 25.7 Å². The summed E-state index contributed by atoms with van der Waals surface area (Å²) in [4.78, 5) is 11.8. The number of nitrogens with one attached hydrogen (secondary N) is 2. The fraction of sp³-hybridized carbons (Fsp3) is 0.947. The minimum absolute atomic E-state index is 0.0990. The van der Waals surface area contributed by atoms with Gasteiger partial charge in [-0.2, -0.15) is 0 Å². The lowest BCUT2D eigenvalue weighted by atomic mass is 9.79. The molecule has 4 nitrogen and oxygen atoms in total. The van der Waals surface area contributed by atoms with E-state index in [1.165, 1.54) is 25.7 Å². The molecule has 23 heavy (non-hydrogen) atoms. The van der Waals surface area contributed by atoms with E-state index < -0.39 is 0 Å². The number of piperidine rings is 1. The Kier molecular flexibility index (Phi) is 8.56. The van der Waals surface area contributed by atoms with Crippen LogP contribution in [0, 0.1) is 0 Å². The lowest BCUT2D eigenvalue weighted by Crippen LogP contribution is -2.62. The van der Waals surface area contributed by atoms with E-state index >= 15 is 0 Å². The van der Waals surface area contributed by atoms with Gasteiger partial charge in [0, 0.05) is 17.1 Å². The zero-order valence-corrected chi connectivity index (χ0v) is 16.0. The van der Waals surface area contributed by atoms with Crippen LogP contribution in [0.3, 0.4) is 0 Å². The average molecular weight is 327 g/mol. The zero-order valence-electron chi connectivity index (χ0n) is 16.0. The van der Waals surface area contributed by atoms with Gasteiger partial charge in [0.15, 0.2) is 0 Å². The van der Waals surface area contributed by atoms with Crippen molar-refractivity contribution in [2.45, 2.75) is 103 Å². The van der Waals surface area contributed by atoms with Crippen LogP contribution in [-0.4, -0.2) is 36.2 Å². The molecule has 4 heteroatoms. The molecule has 0 aliphatic carbocycles. The van der Waals surface area contributed by atoms with E-state index in [1.54, 1.807) is 0 Å². The van der Waals surface area contributed by atoms with Crippen molar-refractivity contribution in [1.82, 2.24) is 10.6 Å². The molecule has 1 aliphatic rings. The summed E-state index contributed by atoms with van der Waals surface area (Å²) in [5.74, 6) is -0.118. The second-order valence-corrected chi connectivity index (χ2v) is 8.37. The lowest BCUT2D eigenvalue weighted by molar-refractivity contribution is -0.143. The summed E-state index contributed by atoms with van der Waals surface area (Å²) in [7, 11) is 0. The predicted octanol–water partition coefficient (Wildman–Crippen LogP) is 3.79. The van der Waals surface area contributed by atoms with Crippen LogP contribution < -0.4 is 10.6 Å². The smallest absolute Gasteiger partial charge is 0.319 e. The summed E-state index contributed by atoms with van der Waals surface area (Å²) in [6.45, 7) is 12.0. The van der Waals surface area contributed by atoms with Crippen molar-refractivity contribution in [2.75, 3.05) is 13.2 Å². The van der Waals surface area contributed by atoms with Crippen molar-refractivity contribution in [3.63, 3.8) is 0 Å². The maximum absolute atomic E-state index is 11.8. The first-order valence-corrected chi connectivity index (χ1v) is 9.42. The first-order chi connectivity index (χ1) is 10.7. The topological polar surface area (TPSA) is 50.4 Å². The average Bonchev–Trinajstić information content (AvgIpc) is 2.41. The Bertz CT molecular complexity index is 337. The fourth-order valence-electron chi connectivity index (χ4n) is 3.81. The molecule has 1 aliphatic heterocycles. The number of carbonyl (C=O) groups is 1. The van der Waals surface area contributed by atoms with Crippen LogP contribution in [0.2, 0.25) is 0 Å². The molecule has 0 unspecified atom stereocenters. The summed E-state index contributed by atoms with van der Waals surface area (Å²) in [6, 6.07) is 0.364. The van der Waals surface area contributed by atoms with Crippen LogP contribution in [0.5, 0.6) is 0 Å². The molecule has 0 atom stereocenters. The molecule has 2 N–H and O–H groups in total. The lowest BCUT2D eigenvalue weighted by Gasteiger charge is -2.46. The molecule has 0 radical (unpaired) electrons. The number of unbranched alkanes of at least 4 members (excludes halogenated alkanes) is 5. The van der Waals surface area contributed by atoms with Gasteiger partial charge in [-0.1, -0.05) is 39.0 Å². The first-order valence-electron chi connectivity index (χ1n) is 9.42. The standard InChI is InChI=1S/C19H38N2O2/c1-6-7-8-9-10-11-12-23-17(22)15-20-16-13-18(2,3)21-19(4,5)14-16/h16,20-21H,6-15H2,1-5H3. The molecule has 0 saturated carbocycles. The van der Waals surface area contributed by atoms with Gasteiger partial charge in [-0.25, -0.2) is 0 Å². The molecular formula is C19H38N2O2. The summed E-state index contributed by atoms with van der Waals surface area (Å²) in [5, 5.41) is 7.04. The molecular weight excluding hydrogens is 288 g/mol. The Morgan fingerprint density at radius 1 is 1.04 bits per heavy atom. The molecule has 0 aromatic rings. The monoisotopic (exact) mass is 326 g/mol. The van der Waals surface area contributed by atoms with Crippen molar-refractivity contribution >= 4 is 5.97 Å². The van der Waals surface area contributed by atoms with Crippen molar-refractivity contribution in [3.05, 3.63) is 0 Å². The Morgan fingerprint density at radius 2 is 1.61 bits per heavy atom. The molecule has 136 valence electrons. The van der Waals surface area contributed by atoms with Gasteiger partial charge in [-0.15, -0.1) is 0 Å². The zero-order chi connectivity index (χ0) is 17.3. The molecule has 0 amide bonds. The highest BCUT2D eigenvalue weighted by molar-refractivity contribution is 5.71. The molecule has 1 saturated heterocycles. The highest BCUT2D eigenvalue weighted by Gasteiger charge is 2.37. The summed E-state index contributed by atoms with van der Waals surface area (Å²) in [5.41, 5.74) is 0.198. The first kappa shape index (κ1) is 20.4. The van der Waals surface area contributed by atoms with Gasteiger partial charge in [0.1, 0.15) is 0 Å². The van der Waals surface area contributed by atoms with Gasteiger partial charge in [-0.3, -0.25) is 4.79 Å². The second kappa shape index (κ2) is 9.63. The quantitative estimate of drug-likeness (QED) is 0.474. The van der Waals surface area contributed by atoms with Crippen molar-refractivity contribution in [1.29, 1.82) is 0 Å². The highest BCUT2D eigenvalue weighted by atomic mass is 16.5. The van der Waals surface area contributed by atoms with E-state index in [1.807, 2.05) is 0 Å².